The van der Waals surface area contributed by atoms with Gasteiger partial charge in [-0.05, 0) is 42.3 Å². The van der Waals surface area contributed by atoms with E-state index in [-0.39, 0.29) is 18.5 Å². The molecule has 1 aliphatic carbocycles. The molecule has 2 aromatic rings. The Morgan fingerprint density at radius 1 is 1.17 bits per heavy atom. The van der Waals surface area contributed by atoms with Gasteiger partial charge in [-0.1, -0.05) is 17.7 Å². The van der Waals surface area contributed by atoms with Crippen LogP contribution in [0.15, 0.2) is 30.3 Å². The van der Waals surface area contributed by atoms with Crippen LogP contribution in [0.5, 0.6) is 17.2 Å². The van der Waals surface area contributed by atoms with Crippen molar-refractivity contribution in [3.05, 3.63) is 52.0 Å². The van der Waals surface area contributed by atoms with Crippen LogP contribution in [-0.4, -0.2) is 19.2 Å². The second-order valence-electron chi connectivity index (χ2n) is 5.99. The number of fused-ring (bicyclic) bond motifs is 2. The maximum atomic E-state index is 12.3. The summed E-state index contributed by atoms with van der Waals surface area (Å²) in [4.78, 5) is 12.3. The lowest BCUT2D eigenvalue weighted by Crippen LogP contribution is -2.20. The van der Waals surface area contributed by atoms with Crippen molar-refractivity contribution in [3.8, 4) is 17.2 Å². The standard InChI is InChI=1S/C19H17ClO4/c1-2-22-17-7-12(20)3-4-14(17)16-8-13(21)5-11-6-18-19(9-15(11)16)24-10-23-18/h3-4,6-7,9,16H,2,5,8,10H2,1H3. The van der Waals surface area contributed by atoms with Crippen LogP contribution in [0, 0.1) is 0 Å². The molecule has 124 valence electrons. The van der Waals surface area contributed by atoms with Gasteiger partial charge in [-0.2, -0.15) is 0 Å². The number of benzene rings is 2. The monoisotopic (exact) mass is 344 g/mol. The highest BCUT2D eigenvalue weighted by molar-refractivity contribution is 6.30. The number of halogens is 1. The minimum atomic E-state index is -0.0606. The Morgan fingerprint density at radius 2 is 1.96 bits per heavy atom. The van der Waals surface area contributed by atoms with E-state index in [1.165, 1.54) is 0 Å². The second-order valence-corrected chi connectivity index (χ2v) is 6.43. The van der Waals surface area contributed by atoms with Gasteiger partial charge in [0.25, 0.3) is 0 Å². The number of rotatable bonds is 3. The molecule has 0 saturated heterocycles. The summed E-state index contributed by atoms with van der Waals surface area (Å²) in [5.74, 6) is 2.33. The van der Waals surface area contributed by atoms with Crippen molar-refractivity contribution in [2.75, 3.05) is 13.4 Å². The van der Waals surface area contributed by atoms with E-state index in [4.69, 9.17) is 25.8 Å². The quantitative estimate of drug-likeness (QED) is 0.840. The molecular formula is C19H17ClO4. The number of ether oxygens (including phenoxy) is 3. The van der Waals surface area contributed by atoms with Crippen molar-refractivity contribution in [1.82, 2.24) is 0 Å². The predicted molar refractivity (Wildman–Crippen MR) is 90.4 cm³/mol. The van der Waals surface area contributed by atoms with Gasteiger partial charge in [-0.15, -0.1) is 0 Å². The summed E-state index contributed by atoms with van der Waals surface area (Å²) in [5.41, 5.74) is 3.08. The molecule has 0 aromatic heterocycles. The van der Waals surface area contributed by atoms with Crippen molar-refractivity contribution in [1.29, 1.82) is 0 Å². The summed E-state index contributed by atoms with van der Waals surface area (Å²) in [6.45, 7) is 2.70. The minimum absolute atomic E-state index is 0.0606. The van der Waals surface area contributed by atoms with E-state index in [9.17, 15) is 4.79 Å². The minimum Gasteiger partial charge on any atom is -0.494 e. The lowest BCUT2D eigenvalue weighted by molar-refractivity contribution is -0.119. The average molecular weight is 345 g/mol. The van der Waals surface area contributed by atoms with Crippen LogP contribution in [0.2, 0.25) is 5.02 Å². The molecule has 4 rings (SSSR count). The Balaban J connectivity index is 1.84. The van der Waals surface area contributed by atoms with Gasteiger partial charge in [0, 0.05) is 29.3 Å². The summed E-state index contributed by atoms with van der Waals surface area (Å²) in [5, 5.41) is 0.621. The number of Topliss-reactive ketones (excluding diaryl/α,β-unsaturated/α-hetero) is 1. The highest BCUT2D eigenvalue weighted by atomic mass is 35.5. The fourth-order valence-corrected chi connectivity index (χ4v) is 3.62. The fraction of sp³-hybridized carbons (Fsp3) is 0.316. The van der Waals surface area contributed by atoms with Gasteiger partial charge in [0.15, 0.2) is 11.5 Å². The van der Waals surface area contributed by atoms with E-state index in [2.05, 4.69) is 0 Å². The molecule has 24 heavy (non-hydrogen) atoms. The SMILES string of the molecule is CCOc1cc(Cl)ccc1C1CC(=O)Cc2cc3c(cc21)OCO3. The van der Waals surface area contributed by atoms with Crippen LogP contribution >= 0.6 is 11.6 Å². The summed E-state index contributed by atoms with van der Waals surface area (Å²) < 4.78 is 16.7. The molecule has 1 heterocycles. The zero-order valence-electron chi connectivity index (χ0n) is 13.3. The van der Waals surface area contributed by atoms with Gasteiger partial charge >= 0.3 is 0 Å². The van der Waals surface area contributed by atoms with Gasteiger partial charge in [-0.3, -0.25) is 4.79 Å². The van der Waals surface area contributed by atoms with Gasteiger partial charge in [0.1, 0.15) is 11.5 Å². The van der Waals surface area contributed by atoms with Crippen molar-refractivity contribution < 1.29 is 19.0 Å². The van der Waals surface area contributed by atoms with Gasteiger partial charge in [-0.25, -0.2) is 0 Å². The van der Waals surface area contributed by atoms with E-state index in [0.717, 1.165) is 28.2 Å². The largest absolute Gasteiger partial charge is 0.494 e. The summed E-state index contributed by atoms with van der Waals surface area (Å²) in [6, 6.07) is 9.53. The lowest BCUT2D eigenvalue weighted by Gasteiger charge is -2.27. The predicted octanol–water partition coefficient (Wildman–Crippen LogP) is 4.11. The van der Waals surface area contributed by atoms with Crippen LogP contribution in [-0.2, 0) is 11.2 Å². The smallest absolute Gasteiger partial charge is 0.231 e. The molecule has 2 aromatic carbocycles. The molecule has 0 N–H and O–H groups in total. The summed E-state index contributed by atoms with van der Waals surface area (Å²) >= 11 is 6.11. The van der Waals surface area contributed by atoms with Gasteiger partial charge in [0.2, 0.25) is 6.79 Å². The molecule has 1 unspecified atom stereocenters. The first-order chi connectivity index (χ1) is 11.7. The Kier molecular flexibility index (Phi) is 3.85. The molecule has 1 aliphatic heterocycles. The first-order valence-electron chi connectivity index (χ1n) is 8.02. The number of hydrogen-bond donors (Lipinski definition) is 0. The van der Waals surface area contributed by atoms with E-state index >= 15 is 0 Å². The molecular weight excluding hydrogens is 328 g/mol. The van der Waals surface area contributed by atoms with Crippen molar-refractivity contribution >= 4 is 17.4 Å². The molecule has 0 bridgehead atoms. The highest BCUT2D eigenvalue weighted by Crippen LogP contribution is 2.45. The number of ketones is 1. The first kappa shape index (κ1) is 15.3. The zero-order chi connectivity index (χ0) is 16.7. The number of hydrogen-bond acceptors (Lipinski definition) is 4. The maximum absolute atomic E-state index is 12.3. The number of carbonyl (C=O) groups excluding carboxylic acids is 1. The van der Waals surface area contributed by atoms with E-state index in [1.54, 1.807) is 0 Å². The highest BCUT2D eigenvalue weighted by Gasteiger charge is 2.31. The van der Waals surface area contributed by atoms with Crippen LogP contribution < -0.4 is 14.2 Å². The summed E-state index contributed by atoms with van der Waals surface area (Å²) in [7, 11) is 0. The van der Waals surface area contributed by atoms with Crippen LogP contribution in [0.3, 0.4) is 0 Å². The molecule has 0 fully saturated rings. The van der Waals surface area contributed by atoms with E-state index in [0.29, 0.717) is 30.2 Å². The summed E-state index contributed by atoms with van der Waals surface area (Å²) in [6.07, 6.45) is 0.883. The van der Waals surface area contributed by atoms with E-state index < -0.39 is 0 Å². The Morgan fingerprint density at radius 3 is 2.75 bits per heavy atom. The lowest BCUT2D eigenvalue weighted by atomic mass is 9.78. The third-order valence-electron chi connectivity index (χ3n) is 4.48. The van der Waals surface area contributed by atoms with Crippen molar-refractivity contribution in [2.45, 2.75) is 25.7 Å². The number of carbonyl (C=O) groups is 1. The third kappa shape index (κ3) is 2.61. The van der Waals surface area contributed by atoms with E-state index in [1.807, 2.05) is 37.3 Å². The van der Waals surface area contributed by atoms with Crippen LogP contribution in [0.25, 0.3) is 0 Å². The second kappa shape index (κ2) is 6.02. The first-order valence-corrected chi connectivity index (χ1v) is 8.40. The maximum Gasteiger partial charge on any atom is 0.231 e. The van der Waals surface area contributed by atoms with Gasteiger partial charge < -0.3 is 14.2 Å². The molecule has 1 atom stereocenters. The Labute approximate surface area is 145 Å². The molecule has 0 saturated carbocycles. The molecule has 0 spiro atoms. The van der Waals surface area contributed by atoms with Crippen molar-refractivity contribution in [3.63, 3.8) is 0 Å². The Bertz CT molecular complexity index is 815. The van der Waals surface area contributed by atoms with Crippen LogP contribution in [0.1, 0.15) is 36.0 Å². The van der Waals surface area contributed by atoms with Gasteiger partial charge in [0.05, 0.1) is 6.61 Å². The molecule has 0 amide bonds. The fourth-order valence-electron chi connectivity index (χ4n) is 3.45. The topological polar surface area (TPSA) is 44.8 Å². The third-order valence-corrected chi connectivity index (χ3v) is 4.72. The normalized spacial score (nSPS) is 18.4. The molecule has 2 aliphatic rings. The molecule has 4 nitrogen and oxygen atoms in total. The molecule has 0 radical (unpaired) electrons. The van der Waals surface area contributed by atoms with Crippen molar-refractivity contribution in [2.24, 2.45) is 0 Å². The molecule has 5 heteroatoms. The zero-order valence-corrected chi connectivity index (χ0v) is 14.1. The average Bonchev–Trinajstić information content (AvgIpc) is 3.00. The Hall–Kier alpha value is -2.20. The van der Waals surface area contributed by atoms with Crippen LogP contribution in [0.4, 0.5) is 0 Å².